The number of nitrogens with one attached hydrogen (secondary N) is 1. The zero-order chi connectivity index (χ0) is 17.0. The summed E-state index contributed by atoms with van der Waals surface area (Å²) >= 11 is 0. The quantitative estimate of drug-likeness (QED) is 0.785. The number of hydrogen-bond acceptors (Lipinski definition) is 3. The molecular weight excluding hydrogens is 315 g/mol. The summed E-state index contributed by atoms with van der Waals surface area (Å²) in [7, 11) is 0. The number of carbonyl (C=O) groups is 2. The Morgan fingerprint density at radius 3 is 2.43 bits per heavy atom. The molecule has 0 radical (unpaired) electrons. The lowest BCUT2D eigenvalue weighted by Crippen LogP contribution is -2.44. The predicted octanol–water partition coefficient (Wildman–Crippen LogP) is 2.31. The van der Waals surface area contributed by atoms with Crippen LogP contribution >= 0.6 is 0 Å². The molecule has 1 saturated carbocycles. The largest absolute Gasteiger partial charge is 0.491 e. The first kappa shape index (κ1) is 17.1. The van der Waals surface area contributed by atoms with Crippen molar-refractivity contribution in [1.29, 1.82) is 0 Å². The van der Waals surface area contributed by atoms with Gasteiger partial charge in [0.25, 0.3) is 0 Å². The number of amides is 1. The Morgan fingerprint density at radius 2 is 1.87 bits per heavy atom. The van der Waals surface area contributed by atoms with Gasteiger partial charge < -0.3 is 15.2 Å². The Hall–Kier alpha value is -2.25. The van der Waals surface area contributed by atoms with Crippen molar-refractivity contribution >= 4 is 11.9 Å². The maximum atomic E-state index is 12.8. The molecule has 0 heterocycles. The highest BCUT2D eigenvalue weighted by atomic mass is 19.4. The van der Waals surface area contributed by atoms with Gasteiger partial charge in [-0.25, -0.2) is 0 Å². The second kappa shape index (κ2) is 6.89. The number of benzene rings is 1. The molecule has 0 saturated heterocycles. The second-order valence-electron chi connectivity index (χ2n) is 5.26. The van der Waals surface area contributed by atoms with Gasteiger partial charge in [0.05, 0.1) is 23.9 Å². The lowest BCUT2D eigenvalue weighted by Gasteiger charge is -2.31. The third kappa shape index (κ3) is 4.14. The van der Waals surface area contributed by atoms with Crippen molar-refractivity contribution in [2.24, 2.45) is 11.8 Å². The van der Waals surface area contributed by atoms with E-state index in [2.05, 4.69) is 5.32 Å². The molecule has 1 amide bonds. The number of rotatable bonds is 6. The molecule has 2 atom stereocenters. The van der Waals surface area contributed by atoms with Gasteiger partial charge in [-0.05, 0) is 25.0 Å². The molecule has 8 heteroatoms. The maximum absolute atomic E-state index is 12.8. The van der Waals surface area contributed by atoms with E-state index in [1.165, 1.54) is 18.2 Å². The van der Waals surface area contributed by atoms with E-state index in [-0.39, 0.29) is 18.9 Å². The van der Waals surface area contributed by atoms with Gasteiger partial charge in [0.15, 0.2) is 0 Å². The number of alkyl halides is 3. The first-order valence-electron chi connectivity index (χ1n) is 7.10. The minimum absolute atomic E-state index is 0.00780. The molecule has 1 aromatic rings. The number of carboxylic acids is 1. The average Bonchev–Trinajstić information content (AvgIpc) is 2.41. The lowest BCUT2D eigenvalue weighted by atomic mass is 9.73. The highest BCUT2D eigenvalue weighted by Gasteiger charge is 2.41. The van der Waals surface area contributed by atoms with Crippen LogP contribution in [0.2, 0.25) is 0 Å². The van der Waals surface area contributed by atoms with Crippen LogP contribution in [0.1, 0.15) is 18.4 Å². The van der Waals surface area contributed by atoms with Crippen molar-refractivity contribution < 1.29 is 32.6 Å². The van der Waals surface area contributed by atoms with Gasteiger partial charge in [-0.15, -0.1) is 0 Å². The monoisotopic (exact) mass is 331 g/mol. The number of aliphatic carboxylic acids is 1. The van der Waals surface area contributed by atoms with E-state index in [0.717, 1.165) is 6.07 Å². The van der Waals surface area contributed by atoms with Crippen molar-refractivity contribution in [3.8, 4) is 5.75 Å². The molecule has 0 aromatic heterocycles. The van der Waals surface area contributed by atoms with Gasteiger partial charge >= 0.3 is 12.1 Å². The van der Waals surface area contributed by atoms with E-state index in [1.807, 2.05) is 0 Å². The Morgan fingerprint density at radius 1 is 1.22 bits per heavy atom. The van der Waals surface area contributed by atoms with Crippen LogP contribution in [0, 0.1) is 11.8 Å². The lowest BCUT2D eigenvalue weighted by molar-refractivity contribution is -0.152. The zero-order valence-corrected chi connectivity index (χ0v) is 12.1. The molecule has 0 aliphatic heterocycles. The molecule has 0 spiro atoms. The zero-order valence-electron chi connectivity index (χ0n) is 12.1. The first-order valence-corrected chi connectivity index (χ1v) is 7.10. The molecule has 2 N–H and O–H groups in total. The summed E-state index contributed by atoms with van der Waals surface area (Å²) in [6, 6.07) is 4.81. The number of para-hydroxylation sites is 1. The van der Waals surface area contributed by atoms with Gasteiger partial charge in [-0.1, -0.05) is 12.1 Å². The van der Waals surface area contributed by atoms with Crippen LogP contribution in [-0.2, 0) is 15.8 Å². The van der Waals surface area contributed by atoms with Crippen LogP contribution in [0.5, 0.6) is 5.75 Å². The third-order valence-electron chi connectivity index (χ3n) is 3.78. The summed E-state index contributed by atoms with van der Waals surface area (Å²) in [6.07, 6.45) is -3.55. The average molecular weight is 331 g/mol. The van der Waals surface area contributed by atoms with Crippen molar-refractivity contribution in [2.45, 2.75) is 19.0 Å². The fourth-order valence-electron chi connectivity index (χ4n) is 2.40. The molecule has 1 aromatic carbocycles. The van der Waals surface area contributed by atoms with Crippen molar-refractivity contribution in [3.63, 3.8) is 0 Å². The summed E-state index contributed by atoms with van der Waals surface area (Å²) in [5, 5.41) is 11.4. The van der Waals surface area contributed by atoms with Crippen molar-refractivity contribution in [2.75, 3.05) is 13.2 Å². The number of carboxylic acid groups (broad SMARTS) is 1. The SMILES string of the molecule is O=C(O)C1CCC1C(=O)NCCOc1ccccc1C(F)(F)F. The van der Waals surface area contributed by atoms with Gasteiger partial charge in [0.1, 0.15) is 12.4 Å². The number of ether oxygens (including phenoxy) is 1. The van der Waals surface area contributed by atoms with E-state index in [1.54, 1.807) is 0 Å². The Labute approximate surface area is 130 Å². The number of halogens is 3. The standard InChI is InChI=1S/C15H16F3NO4/c16-15(17,18)11-3-1-2-4-12(11)23-8-7-19-13(20)9-5-6-10(9)14(21)22/h1-4,9-10H,5-8H2,(H,19,20)(H,21,22). The van der Waals surface area contributed by atoms with E-state index in [0.29, 0.717) is 12.8 Å². The van der Waals surface area contributed by atoms with E-state index < -0.39 is 35.5 Å². The summed E-state index contributed by atoms with van der Waals surface area (Å²) in [5.41, 5.74) is -0.878. The normalized spacial score (nSPS) is 20.5. The predicted molar refractivity (Wildman–Crippen MR) is 73.8 cm³/mol. The van der Waals surface area contributed by atoms with E-state index >= 15 is 0 Å². The third-order valence-corrected chi connectivity index (χ3v) is 3.78. The first-order chi connectivity index (χ1) is 10.8. The molecule has 1 fully saturated rings. The van der Waals surface area contributed by atoms with Crippen LogP contribution < -0.4 is 10.1 Å². The van der Waals surface area contributed by atoms with Gasteiger partial charge in [0.2, 0.25) is 5.91 Å². The molecule has 1 aliphatic rings. The Balaban J connectivity index is 1.80. The Bertz CT molecular complexity index is 588. The number of hydrogen-bond donors (Lipinski definition) is 2. The number of carbonyl (C=O) groups excluding carboxylic acids is 1. The molecule has 5 nitrogen and oxygen atoms in total. The van der Waals surface area contributed by atoms with Crippen LogP contribution in [0.15, 0.2) is 24.3 Å². The van der Waals surface area contributed by atoms with Crippen molar-refractivity contribution in [1.82, 2.24) is 5.32 Å². The fraction of sp³-hybridized carbons (Fsp3) is 0.467. The highest BCUT2D eigenvalue weighted by molar-refractivity contribution is 5.86. The van der Waals surface area contributed by atoms with E-state index in [4.69, 9.17) is 9.84 Å². The summed E-state index contributed by atoms with van der Waals surface area (Å²) in [5.74, 6) is -2.97. The second-order valence-corrected chi connectivity index (χ2v) is 5.26. The molecule has 23 heavy (non-hydrogen) atoms. The highest BCUT2D eigenvalue weighted by Crippen LogP contribution is 2.36. The van der Waals surface area contributed by atoms with Gasteiger partial charge in [0, 0.05) is 0 Å². The van der Waals surface area contributed by atoms with Crippen LogP contribution in [0.4, 0.5) is 13.2 Å². The van der Waals surface area contributed by atoms with Gasteiger partial charge in [-0.2, -0.15) is 13.2 Å². The fourth-order valence-corrected chi connectivity index (χ4v) is 2.40. The smallest absolute Gasteiger partial charge is 0.419 e. The summed E-state index contributed by atoms with van der Waals surface area (Å²) in [4.78, 5) is 22.6. The minimum atomic E-state index is -4.51. The van der Waals surface area contributed by atoms with E-state index in [9.17, 15) is 22.8 Å². The molecule has 126 valence electrons. The summed E-state index contributed by atoms with van der Waals surface area (Å²) in [6.45, 7) is -0.128. The molecule has 1 aliphatic carbocycles. The molecule has 2 unspecified atom stereocenters. The maximum Gasteiger partial charge on any atom is 0.419 e. The molecule has 0 bridgehead atoms. The van der Waals surface area contributed by atoms with Gasteiger partial charge in [-0.3, -0.25) is 9.59 Å². The molecule has 2 rings (SSSR count). The Kier molecular flexibility index (Phi) is 5.12. The van der Waals surface area contributed by atoms with Crippen molar-refractivity contribution in [3.05, 3.63) is 29.8 Å². The molecular formula is C15H16F3NO4. The summed E-state index contributed by atoms with van der Waals surface area (Å²) < 4.78 is 43.3. The van der Waals surface area contributed by atoms with Crippen LogP contribution in [0.3, 0.4) is 0 Å². The van der Waals surface area contributed by atoms with Crippen LogP contribution in [0.25, 0.3) is 0 Å². The van der Waals surface area contributed by atoms with Crippen LogP contribution in [-0.4, -0.2) is 30.1 Å². The minimum Gasteiger partial charge on any atom is -0.491 e. The topological polar surface area (TPSA) is 75.6 Å².